The number of benzene rings is 5. The summed E-state index contributed by atoms with van der Waals surface area (Å²) >= 11 is 1.39. The van der Waals surface area contributed by atoms with Crippen LogP contribution in [-0.4, -0.2) is 41.4 Å². The lowest BCUT2D eigenvalue weighted by molar-refractivity contribution is -0.254. The van der Waals surface area contributed by atoms with Crippen LogP contribution in [0.25, 0.3) is 11.1 Å². The van der Waals surface area contributed by atoms with E-state index in [0.717, 1.165) is 27.8 Å². The van der Waals surface area contributed by atoms with Gasteiger partial charge in [0.05, 0.1) is 33.0 Å². The highest BCUT2D eigenvalue weighted by molar-refractivity contribution is 7.99. The summed E-state index contributed by atoms with van der Waals surface area (Å²) in [4.78, 5) is 4.76. The molecule has 1 saturated heterocycles. The number of thioether (sulfide) groups is 1. The van der Waals surface area contributed by atoms with Gasteiger partial charge in [-0.05, 0) is 46.1 Å². The molecular weight excluding hydrogens is 635 g/mol. The minimum Gasteiger partial charge on any atom is -0.431 e. The second kappa shape index (κ2) is 16.9. The molecule has 5 aromatic carbocycles. The van der Waals surface area contributed by atoms with Crippen LogP contribution in [0, 0.1) is 0 Å². The monoisotopic (exact) mass is 673 g/mol. The molecule has 7 rings (SSSR count). The van der Waals surface area contributed by atoms with E-state index >= 15 is 0 Å². The molecule has 0 aliphatic carbocycles. The third-order valence-electron chi connectivity index (χ3n) is 8.33. The number of hydrogen-bond donors (Lipinski definition) is 0. The number of ether oxygens (including phenoxy) is 5. The normalized spacial score (nSPS) is 20.8. The fourth-order valence-corrected chi connectivity index (χ4v) is 6.90. The van der Waals surface area contributed by atoms with Crippen molar-refractivity contribution < 1.29 is 28.1 Å². The molecule has 0 radical (unpaired) electrons. The standard InChI is InChI=1S/C41H39NO6S/c1-5-15-30(16-6-1)25-43-29-36-37(44-26-31-17-7-2-8-18-31)38(45-27-32-19-9-3-10-20-32)39(46-28-33-21-11-4-12-22-33)40(47-36)49-41-42-34-23-13-14-24-35(34)48-41/h1-24,36-40H,25-29H2. The van der Waals surface area contributed by atoms with Gasteiger partial charge in [0.15, 0.2) is 5.58 Å². The fourth-order valence-electron chi connectivity index (χ4n) is 5.84. The van der Waals surface area contributed by atoms with Gasteiger partial charge < -0.3 is 28.1 Å². The Morgan fingerprint density at radius 3 is 1.53 bits per heavy atom. The number of nitrogens with zero attached hydrogens (tertiary/aromatic N) is 1. The summed E-state index contributed by atoms with van der Waals surface area (Å²) < 4.78 is 39.8. The number of fused-ring (bicyclic) bond motifs is 1. The van der Waals surface area contributed by atoms with Gasteiger partial charge >= 0.3 is 0 Å². The van der Waals surface area contributed by atoms with E-state index in [1.54, 1.807) is 0 Å². The number of aromatic nitrogens is 1. The molecule has 0 spiro atoms. The van der Waals surface area contributed by atoms with Gasteiger partial charge in [-0.2, -0.15) is 0 Å². The molecule has 1 aromatic heterocycles. The van der Waals surface area contributed by atoms with Gasteiger partial charge in [0, 0.05) is 0 Å². The van der Waals surface area contributed by atoms with Crippen LogP contribution in [0.3, 0.4) is 0 Å². The van der Waals surface area contributed by atoms with E-state index in [9.17, 15) is 0 Å². The minimum atomic E-state index is -0.546. The molecule has 0 amide bonds. The van der Waals surface area contributed by atoms with E-state index in [-0.39, 0.29) is 6.61 Å². The Bertz CT molecular complexity index is 1810. The molecule has 7 nitrogen and oxygen atoms in total. The number of rotatable bonds is 15. The zero-order valence-electron chi connectivity index (χ0n) is 27.1. The molecule has 1 aliphatic rings. The maximum absolute atomic E-state index is 6.92. The van der Waals surface area contributed by atoms with Crippen LogP contribution < -0.4 is 0 Å². The molecule has 0 saturated carbocycles. The maximum Gasteiger partial charge on any atom is 0.259 e. The summed E-state index contributed by atoms with van der Waals surface area (Å²) in [6.45, 7) is 1.85. The van der Waals surface area contributed by atoms with Crippen LogP contribution >= 0.6 is 11.8 Å². The summed E-state index contributed by atoms with van der Waals surface area (Å²) in [5, 5.41) is 0.494. The third kappa shape index (κ3) is 9.05. The molecule has 5 unspecified atom stereocenters. The van der Waals surface area contributed by atoms with E-state index in [1.807, 2.05) is 97.1 Å². The highest BCUT2D eigenvalue weighted by atomic mass is 32.2. The molecule has 49 heavy (non-hydrogen) atoms. The Hall–Kier alpha value is -4.28. The molecule has 0 bridgehead atoms. The predicted octanol–water partition coefficient (Wildman–Crippen LogP) is 8.62. The fraction of sp³-hybridized carbons (Fsp3) is 0.244. The summed E-state index contributed by atoms with van der Waals surface area (Å²) in [7, 11) is 0. The maximum atomic E-state index is 6.92. The zero-order chi connectivity index (χ0) is 33.1. The zero-order valence-corrected chi connectivity index (χ0v) is 27.9. The molecule has 2 heterocycles. The smallest absolute Gasteiger partial charge is 0.259 e. The third-order valence-corrected chi connectivity index (χ3v) is 9.32. The van der Waals surface area contributed by atoms with E-state index in [4.69, 9.17) is 33.1 Å². The van der Waals surface area contributed by atoms with Crippen LogP contribution in [0.15, 0.2) is 155 Å². The van der Waals surface area contributed by atoms with Crippen molar-refractivity contribution in [3.05, 3.63) is 168 Å². The molecule has 6 aromatic rings. The lowest BCUT2D eigenvalue weighted by Gasteiger charge is -2.45. The Kier molecular flexibility index (Phi) is 11.5. The summed E-state index contributed by atoms with van der Waals surface area (Å²) in [6.07, 6.45) is -2.06. The van der Waals surface area contributed by atoms with Crippen molar-refractivity contribution in [1.29, 1.82) is 0 Å². The minimum absolute atomic E-state index is 0.287. The van der Waals surface area contributed by atoms with Crippen molar-refractivity contribution in [2.75, 3.05) is 6.61 Å². The van der Waals surface area contributed by atoms with Gasteiger partial charge in [-0.3, -0.25) is 0 Å². The van der Waals surface area contributed by atoms with Crippen molar-refractivity contribution in [1.82, 2.24) is 4.98 Å². The van der Waals surface area contributed by atoms with E-state index in [0.29, 0.717) is 37.2 Å². The molecule has 1 aliphatic heterocycles. The summed E-state index contributed by atoms with van der Waals surface area (Å²) in [5.41, 5.74) is 5.19. The topological polar surface area (TPSA) is 72.2 Å². The summed E-state index contributed by atoms with van der Waals surface area (Å²) in [6, 6.07) is 48.3. The molecule has 5 atom stereocenters. The van der Waals surface area contributed by atoms with Crippen LogP contribution in [0.2, 0.25) is 0 Å². The molecule has 8 heteroatoms. The Labute approximate surface area is 291 Å². The van der Waals surface area contributed by atoms with E-state index in [2.05, 4.69) is 48.5 Å². The SMILES string of the molecule is c1ccc(COCC2OC(Sc3nc4ccccc4o3)C(OCc3ccccc3)C(OCc3ccccc3)C2OCc2ccccc2)cc1. The van der Waals surface area contributed by atoms with Crippen molar-refractivity contribution in [2.45, 2.75) is 61.5 Å². The second-order valence-corrected chi connectivity index (χ2v) is 12.9. The molecule has 0 N–H and O–H groups in total. The first-order chi connectivity index (χ1) is 24.3. The van der Waals surface area contributed by atoms with Crippen molar-refractivity contribution in [3.63, 3.8) is 0 Å². The lowest BCUT2D eigenvalue weighted by Crippen LogP contribution is -2.60. The first kappa shape index (κ1) is 33.2. The van der Waals surface area contributed by atoms with Crippen molar-refractivity contribution >= 4 is 22.9 Å². The highest BCUT2D eigenvalue weighted by Gasteiger charge is 2.49. The Morgan fingerprint density at radius 1 is 0.510 bits per heavy atom. The average molecular weight is 674 g/mol. The van der Waals surface area contributed by atoms with Crippen LogP contribution in [0.4, 0.5) is 0 Å². The predicted molar refractivity (Wildman–Crippen MR) is 190 cm³/mol. The second-order valence-electron chi connectivity index (χ2n) is 11.9. The van der Waals surface area contributed by atoms with E-state index in [1.165, 1.54) is 11.8 Å². The van der Waals surface area contributed by atoms with Gasteiger partial charge in [-0.15, -0.1) is 0 Å². The van der Waals surface area contributed by atoms with Gasteiger partial charge in [0.25, 0.3) is 5.22 Å². The number of oxazole rings is 1. The van der Waals surface area contributed by atoms with Gasteiger partial charge in [-0.25, -0.2) is 4.98 Å². The lowest BCUT2D eigenvalue weighted by atomic mass is 9.98. The van der Waals surface area contributed by atoms with Crippen molar-refractivity contribution in [3.8, 4) is 0 Å². The van der Waals surface area contributed by atoms with Gasteiger partial charge in [0.2, 0.25) is 0 Å². The number of hydrogen-bond acceptors (Lipinski definition) is 8. The van der Waals surface area contributed by atoms with Gasteiger partial charge in [-0.1, -0.05) is 133 Å². The Balaban J connectivity index is 1.21. The first-order valence-corrected chi connectivity index (χ1v) is 17.4. The summed E-state index contributed by atoms with van der Waals surface area (Å²) in [5.74, 6) is 0. The Morgan fingerprint density at radius 2 is 0.980 bits per heavy atom. The molecular formula is C41H39NO6S. The molecule has 1 fully saturated rings. The first-order valence-electron chi connectivity index (χ1n) is 16.5. The van der Waals surface area contributed by atoms with Crippen LogP contribution in [-0.2, 0) is 50.1 Å². The van der Waals surface area contributed by atoms with Crippen LogP contribution in [0.5, 0.6) is 0 Å². The van der Waals surface area contributed by atoms with Crippen LogP contribution in [0.1, 0.15) is 22.3 Å². The van der Waals surface area contributed by atoms with Crippen molar-refractivity contribution in [2.24, 2.45) is 0 Å². The average Bonchev–Trinajstić information content (AvgIpc) is 3.57. The molecule has 250 valence electrons. The number of para-hydroxylation sites is 2. The largest absolute Gasteiger partial charge is 0.431 e. The van der Waals surface area contributed by atoms with E-state index < -0.39 is 29.9 Å². The van der Waals surface area contributed by atoms with Gasteiger partial charge in [0.1, 0.15) is 35.4 Å². The highest BCUT2D eigenvalue weighted by Crippen LogP contribution is 2.39. The quantitative estimate of drug-likeness (QED) is 0.107.